The number of benzene rings is 1. The van der Waals surface area contributed by atoms with E-state index in [0.717, 1.165) is 16.8 Å². The van der Waals surface area contributed by atoms with Crippen LogP contribution in [-0.2, 0) is 22.6 Å². The molecule has 2 amide bonds. The summed E-state index contributed by atoms with van der Waals surface area (Å²) in [6.07, 6.45) is 3.96. The number of carbonyl (C=O) groups is 2. The van der Waals surface area contributed by atoms with Gasteiger partial charge in [0.2, 0.25) is 11.8 Å². The normalized spacial score (nSPS) is 16.2. The van der Waals surface area contributed by atoms with Crippen molar-refractivity contribution >= 4 is 17.5 Å². The molecule has 2 heterocycles. The minimum atomic E-state index is -0.480. The summed E-state index contributed by atoms with van der Waals surface area (Å²) in [5.41, 5.74) is 2.79. The van der Waals surface area contributed by atoms with Gasteiger partial charge >= 0.3 is 0 Å². The van der Waals surface area contributed by atoms with Gasteiger partial charge in [-0.15, -0.1) is 0 Å². The quantitative estimate of drug-likeness (QED) is 0.937. The number of hydrogen-bond acceptors (Lipinski definition) is 3. The maximum Gasteiger partial charge on any atom is 0.243 e. The average molecular weight is 295 g/mol. The molecule has 1 atom stereocenters. The summed E-state index contributed by atoms with van der Waals surface area (Å²) < 4.78 is 0. The van der Waals surface area contributed by atoms with Crippen molar-refractivity contribution in [1.82, 2.24) is 10.3 Å². The molecule has 22 heavy (non-hydrogen) atoms. The van der Waals surface area contributed by atoms with Crippen molar-refractivity contribution in [2.75, 3.05) is 4.90 Å². The van der Waals surface area contributed by atoms with Gasteiger partial charge in [0.1, 0.15) is 6.04 Å². The molecule has 0 saturated heterocycles. The van der Waals surface area contributed by atoms with E-state index in [1.165, 1.54) is 6.92 Å². The van der Waals surface area contributed by atoms with E-state index in [0.29, 0.717) is 13.0 Å². The molecule has 5 nitrogen and oxygen atoms in total. The third-order valence-electron chi connectivity index (χ3n) is 3.81. The Morgan fingerprint density at radius 2 is 2.09 bits per heavy atom. The van der Waals surface area contributed by atoms with Crippen LogP contribution in [0, 0.1) is 0 Å². The van der Waals surface area contributed by atoms with E-state index in [1.54, 1.807) is 17.3 Å². The van der Waals surface area contributed by atoms with Gasteiger partial charge in [0, 0.05) is 38.0 Å². The summed E-state index contributed by atoms with van der Waals surface area (Å²) in [6.45, 7) is 1.90. The van der Waals surface area contributed by atoms with Crippen LogP contribution < -0.4 is 10.2 Å². The van der Waals surface area contributed by atoms with E-state index >= 15 is 0 Å². The smallest absolute Gasteiger partial charge is 0.243 e. The van der Waals surface area contributed by atoms with Crippen molar-refractivity contribution in [3.05, 3.63) is 59.9 Å². The van der Waals surface area contributed by atoms with Gasteiger partial charge in [-0.25, -0.2) is 0 Å². The predicted octanol–water partition coefficient (Wildman–Crippen LogP) is 1.68. The molecule has 3 rings (SSSR count). The number of hydrogen-bond donors (Lipinski definition) is 1. The fourth-order valence-corrected chi connectivity index (χ4v) is 2.79. The largest absolute Gasteiger partial charge is 0.350 e. The number of carbonyl (C=O) groups excluding carboxylic acids is 2. The number of fused-ring (bicyclic) bond motifs is 1. The second-order valence-corrected chi connectivity index (χ2v) is 5.32. The molecule has 2 aromatic rings. The Morgan fingerprint density at radius 3 is 2.82 bits per heavy atom. The first-order valence-corrected chi connectivity index (χ1v) is 7.21. The molecule has 0 saturated carbocycles. The minimum Gasteiger partial charge on any atom is -0.350 e. The Labute approximate surface area is 129 Å². The van der Waals surface area contributed by atoms with Crippen LogP contribution in [0.15, 0.2) is 48.8 Å². The number of aromatic nitrogens is 1. The highest BCUT2D eigenvalue weighted by Crippen LogP contribution is 2.32. The van der Waals surface area contributed by atoms with Gasteiger partial charge in [0.15, 0.2) is 0 Å². The first-order valence-electron chi connectivity index (χ1n) is 7.21. The zero-order chi connectivity index (χ0) is 15.5. The van der Waals surface area contributed by atoms with Crippen LogP contribution in [0.4, 0.5) is 5.69 Å². The van der Waals surface area contributed by atoms with Crippen LogP contribution in [0.5, 0.6) is 0 Å². The second-order valence-electron chi connectivity index (χ2n) is 5.32. The van der Waals surface area contributed by atoms with E-state index in [1.807, 2.05) is 36.4 Å². The molecule has 5 heteroatoms. The number of anilines is 1. The Bertz CT molecular complexity index is 700. The van der Waals surface area contributed by atoms with E-state index < -0.39 is 6.04 Å². The summed E-state index contributed by atoms with van der Waals surface area (Å²) in [5.74, 6) is -0.262. The predicted molar refractivity (Wildman–Crippen MR) is 83.2 cm³/mol. The van der Waals surface area contributed by atoms with Crippen molar-refractivity contribution in [3.63, 3.8) is 0 Å². The third kappa shape index (κ3) is 2.70. The Kier molecular flexibility index (Phi) is 3.87. The fraction of sp³-hybridized carbons (Fsp3) is 0.235. The molecule has 0 spiro atoms. The molecule has 0 bridgehead atoms. The highest BCUT2D eigenvalue weighted by molar-refractivity contribution is 6.02. The Hall–Kier alpha value is -2.69. The number of amides is 2. The van der Waals surface area contributed by atoms with Crippen LogP contribution >= 0.6 is 0 Å². The number of rotatable bonds is 3. The monoisotopic (exact) mass is 295 g/mol. The maximum atomic E-state index is 12.5. The number of para-hydroxylation sites is 1. The fourth-order valence-electron chi connectivity index (χ4n) is 2.79. The van der Waals surface area contributed by atoms with Crippen LogP contribution in [-0.4, -0.2) is 22.8 Å². The van der Waals surface area contributed by atoms with Crippen LogP contribution in [0.3, 0.4) is 0 Å². The molecule has 1 unspecified atom stereocenters. The van der Waals surface area contributed by atoms with Crippen molar-refractivity contribution in [2.45, 2.75) is 25.9 Å². The molecule has 1 aliphatic heterocycles. The van der Waals surface area contributed by atoms with Crippen molar-refractivity contribution in [3.8, 4) is 0 Å². The molecular formula is C17H17N3O2. The van der Waals surface area contributed by atoms with Gasteiger partial charge in [-0.3, -0.25) is 19.5 Å². The highest BCUT2D eigenvalue weighted by atomic mass is 16.2. The molecule has 0 radical (unpaired) electrons. The lowest BCUT2D eigenvalue weighted by Crippen LogP contribution is -2.47. The molecule has 1 aromatic carbocycles. The number of nitrogens with one attached hydrogen (secondary N) is 1. The molecular weight excluding hydrogens is 278 g/mol. The van der Waals surface area contributed by atoms with Crippen LogP contribution in [0.2, 0.25) is 0 Å². The Balaban J connectivity index is 1.74. The molecule has 1 N–H and O–H groups in total. The molecule has 0 aliphatic carbocycles. The van der Waals surface area contributed by atoms with Gasteiger partial charge in [0.25, 0.3) is 0 Å². The zero-order valence-electron chi connectivity index (χ0n) is 12.3. The number of nitrogens with zero attached hydrogens (tertiary/aromatic N) is 2. The van der Waals surface area contributed by atoms with Crippen molar-refractivity contribution < 1.29 is 9.59 Å². The first-order chi connectivity index (χ1) is 10.7. The van der Waals surface area contributed by atoms with E-state index in [2.05, 4.69) is 10.3 Å². The third-order valence-corrected chi connectivity index (χ3v) is 3.81. The second kappa shape index (κ2) is 5.97. The molecule has 1 aliphatic rings. The summed E-state index contributed by atoms with van der Waals surface area (Å²) in [6, 6.07) is 10.9. The SMILES string of the molecule is CC(=O)N1c2ccccc2CC1C(=O)NCc1cccnc1. The first kappa shape index (κ1) is 14.3. The van der Waals surface area contributed by atoms with Crippen LogP contribution in [0.25, 0.3) is 0 Å². The zero-order valence-corrected chi connectivity index (χ0v) is 12.3. The topological polar surface area (TPSA) is 62.3 Å². The summed E-state index contributed by atoms with van der Waals surface area (Å²) in [7, 11) is 0. The highest BCUT2D eigenvalue weighted by Gasteiger charge is 2.36. The standard InChI is InChI=1S/C17H17N3O2/c1-12(21)20-15-7-3-2-6-14(15)9-16(20)17(22)19-11-13-5-4-8-18-10-13/h2-8,10,16H,9,11H2,1H3,(H,19,22). The van der Waals surface area contributed by atoms with Gasteiger partial charge in [-0.1, -0.05) is 24.3 Å². The minimum absolute atomic E-state index is 0.119. The van der Waals surface area contributed by atoms with Gasteiger partial charge in [-0.2, -0.15) is 0 Å². The van der Waals surface area contributed by atoms with Crippen LogP contribution in [0.1, 0.15) is 18.1 Å². The summed E-state index contributed by atoms with van der Waals surface area (Å²) in [4.78, 5) is 30.0. The van der Waals surface area contributed by atoms with Crippen molar-refractivity contribution in [1.29, 1.82) is 0 Å². The summed E-state index contributed by atoms with van der Waals surface area (Å²) in [5, 5.41) is 2.89. The molecule has 1 aromatic heterocycles. The summed E-state index contributed by atoms with van der Waals surface area (Å²) >= 11 is 0. The lowest BCUT2D eigenvalue weighted by atomic mass is 10.1. The average Bonchev–Trinajstić information content (AvgIpc) is 2.93. The van der Waals surface area contributed by atoms with E-state index in [9.17, 15) is 9.59 Å². The Morgan fingerprint density at radius 1 is 1.27 bits per heavy atom. The molecule has 112 valence electrons. The van der Waals surface area contributed by atoms with Gasteiger partial charge in [0.05, 0.1) is 0 Å². The lowest BCUT2D eigenvalue weighted by Gasteiger charge is -2.23. The van der Waals surface area contributed by atoms with E-state index in [4.69, 9.17) is 0 Å². The lowest BCUT2D eigenvalue weighted by molar-refractivity contribution is -0.125. The van der Waals surface area contributed by atoms with Gasteiger partial charge < -0.3 is 5.32 Å². The number of pyridine rings is 1. The maximum absolute atomic E-state index is 12.5. The van der Waals surface area contributed by atoms with Gasteiger partial charge in [-0.05, 0) is 23.3 Å². The molecule has 0 fully saturated rings. The van der Waals surface area contributed by atoms with Crippen molar-refractivity contribution in [2.24, 2.45) is 0 Å². The van der Waals surface area contributed by atoms with E-state index in [-0.39, 0.29) is 11.8 Å².